The van der Waals surface area contributed by atoms with Crippen LogP contribution in [-0.4, -0.2) is 62.0 Å². The highest BCUT2D eigenvalue weighted by atomic mass is 19.1. The van der Waals surface area contributed by atoms with Crippen LogP contribution >= 0.6 is 0 Å². The largest absolute Gasteiger partial charge is 0.423 e. The number of likely N-dealkylation sites (tertiary alicyclic amines) is 1. The number of hydrogen-bond donors (Lipinski definition) is 2. The molecule has 0 radical (unpaired) electrons. The van der Waals surface area contributed by atoms with Crippen molar-refractivity contribution in [2.45, 2.75) is 57.8 Å². The monoisotopic (exact) mass is 547 g/mol. The van der Waals surface area contributed by atoms with Crippen LogP contribution < -0.4 is 5.32 Å². The van der Waals surface area contributed by atoms with Gasteiger partial charge in [-0.3, -0.25) is 24.6 Å². The molecule has 3 amide bonds. The third kappa shape index (κ3) is 4.29. The number of halogens is 1. The van der Waals surface area contributed by atoms with Crippen molar-refractivity contribution < 1.29 is 28.3 Å². The van der Waals surface area contributed by atoms with Gasteiger partial charge >= 0.3 is 0 Å². The Balaban J connectivity index is 1.19. The van der Waals surface area contributed by atoms with Gasteiger partial charge in [0.1, 0.15) is 11.9 Å². The molecular weight excluding hydrogens is 517 g/mol. The number of nitrogens with one attached hydrogen (secondary N) is 1. The second kappa shape index (κ2) is 9.60. The predicted octanol–water partition coefficient (Wildman–Crippen LogP) is 2.76. The summed E-state index contributed by atoms with van der Waals surface area (Å²) in [6.45, 7) is 5.49. The van der Waals surface area contributed by atoms with E-state index in [4.69, 9.17) is 4.42 Å². The van der Waals surface area contributed by atoms with Gasteiger partial charge in [-0.15, -0.1) is 10.2 Å². The number of benzene rings is 2. The molecule has 0 saturated carbocycles. The number of hydrogen-bond acceptors (Lipinski definition) is 8. The summed E-state index contributed by atoms with van der Waals surface area (Å²) in [5, 5.41) is 21.9. The summed E-state index contributed by atoms with van der Waals surface area (Å²) in [7, 11) is 0. The van der Waals surface area contributed by atoms with E-state index in [-0.39, 0.29) is 42.0 Å². The van der Waals surface area contributed by atoms with Crippen molar-refractivity contribution in [3.63, 3.8) is 0 Å². The maximum absolute atomic E-state index is 16.1. The Bertz CT molecular complexity index is 1490. The molecule has 2 fully saturated rings. The van der Waals surface area contributed by atoms with E-state index in [1.54, 1.807) is 6.07 Å². The zero-order valence-corrected chi connectivity index (χ0v) is 22.3. The molecule has 2 N–H and O–H groups in total. The minimum absolute atomic E-state index is 0.0810. The maximum Gasteiger partial charge on any atom is 0.255 e. The van der Waals surface area contributed by atoms with Crippen molar-refractivity contribution >= 4 is 17.7 Å². The zero-order chi connectivity index (χ0) is 28.2. The number of carbonyl (C=O) groups is 3. The van der Waals surface area contributed by atoms with Crippen LogP contribution in [0, 0.1) is 11.2 Å². The molecule has 2 atom stereocenters. The van der Waals surface area contributed by atoms with Crippen LogP contribution in [0.25, 0.3) is 11.5 Å². The van der Waals surface area contributed by atoms with Gasteiger partial charge in [-0.1, -0.05) is 32.0 Å². The number of rotatable bonds is 5. The Hall–Kier alpha value is -3.96. The fourth-order valence-corrected chi connectivity index (χ4v) is 6.29. The van der Waals surface area contributed by atoms with Crippen LogP contribution in [0.1, 0.15) is 60.2 Å². The highest BCUT2D eigenvalue weighted by molar-refractivity contribution is 6.05. The van der Waals surface area contributed by atoms with Crippen LogP contribution in [0.4, 0.5) is 4.39 Å². The first-order chi connectivity index (χ1) is 19.1. The fraction of sp³-hybridized carbons (Fsp3) is 0.414. The number of nitrogens with zero attached hydrogens (tertiary/aromatic N) is 4. The molecule has 3 aliphatic heterocycles. The van der Waals surface area contributed by atoms with E-state index in [1.807, 2.05) is 38.1 Å². The number of fused-ring (bicyclic) bond motifs is 1. The van der Waals surface area contributed by atoms with Crippen molar-refractivity contribution in [2.24, 2.45) is 5.41 Å². The topological polar surface area (TPSA) is 129 Å². The van der Waals surface area contributed by atoms with Crippen LogP contribution in [0.15, 0.2) is 47.2 Å². The molecule has 3 aromatic rings. The zero-order valence-electron chi connectivity index (χ0n) is 22.3. The van der Waals surface area contributed by atoms with Gasteiger partial charge in [-0.25, -0.2) is 4.39 Å². The van der Waals surface area contributed by atoms with Crippen molar-refractivity contribution in [2.75, 3.05) is 13.1 Å². The highest BCUT2D eigenvalue weighted by Crippen LogP contribution is 2.48. The lowest BCUT2D eigenvalue weighted by molar-refractivity contribution is -0.137. The summed E-state index contributed by atoms with van der Waals surface area (Å²) in [6, 6.07) is 10.1. The van der Waals surface area contributed by atoms with Crippen LogP contribution in [0.3, 0.4) is 0 Å². The van der Waals surface area contributed by atoms with E-state index >= 15 is 4.39 Å². The summed E-state index contributed by atoms with van der Waals surface area (Å²) in [5.74, 6) is -1.53. The first-order valence-corrected chi connectivity index (χ1v) is 13.3. The predicted molar refractivity (Wildman–Crippen MR) is 140 cm³/mol. The van der Waals surface area contributed by atoms with Gasteiger partial charge in [0.05, 0.1) is 12.1 Å². The average molecular weight is 548 g/mol. The van der Waals surface area contributed by atoms with Gasteiger partial charge in [0.2, 0.25) is 24.1 Å². The lowest BCUT2D eigenvalue weighted by Gasteiger charge is -2.50. The molecule has 1 aromatic heterocycles. The summed E-state index contributed by atoms with van der Waals surface area (Å²) >= 11 is 0. The van der Waals surface area contributed by atoms with E-state index < -0.39 is 34.7 Å². The molecule has 0 aliphatic carbocycles. The van der Waals surface area contributed by atoms with E-state index in [9.17, 15) is 19.5 Å². The van der Waals surface area contributed by atoms with E-state index in [2.05, 4.69) is 20.4 Å². The molecule has 208 valence electrons. The third-order valence-electron chi connectivity index (χ3n) is 8.59. The highest BCUT2D eigenvalue weighted by Gasteiger charge is 2.51. The SMILES string of the molecule is CC1(C)CN(Cc2ccc(-c3nnco3)cc2)CC[C@]1(O)c1ccc2c(c1F)CN(C1CCC(=O)NC1=O)C2=O. The van der Waals surface area contributed by atoms with Crippen LogP contribution in [0.5, 0.6) is 0 Å². The van der Waals surface area contributed by atoms with Crippen molar-refractivity contribution in [1.82, 2.24) is 25.3 Å². The lowest BCUT2D eigenvalue weighted by Crippen LogP contribution is -2.55. The average Bonchev–Trinajstić information content (AvgIpc) is 3.56. The lowest BCUT2D eigenvalue weighted by atomic mass is 9.66. The standard InChI is InChI=1S/C29H30FN5O5/c1-28(2)15-34(13-17-3-5-18(6-4-17)26-33-31-16-40-26)12-11-29(28,39)21-8-7-19-20(24(21)30)14-35(27(19)38)22-9-10-23(36)32-25(22)37/h3-8,16,22,39H,9-15H2,1-2H3,(H,32,36,37)/t22?,29-/m0/s1. The number of amides is 3. The number of imide groups is 1. The molecule has 0 bridgehead atoms. The van der Waals surface area contributed by atoms with E-state index in [1.165, 1.54) is 17.4 Å². The number of piperidine rings is 2. The van der Waals surface area contributed by atoms with Crippen molar-refractivity contribution in [1.29, 1.82) is 0 Å². The Labute approximate surface area is 230 Å². The van der Waals surface area contributed by atoms with Gasteiger partial charge in [0.15, 0.2) is 0 Å². The number of aromatic nitrogens is 2. The van der Waals surface area contributed by atoms with Crippen LogP contribution in [0.2, 0.25) is 0 Å². The Morgan fingerprint density at radius 2 is 1.93 bits per heavy atom. The minimum Gasteiger partial charge on any atom is -0.423 e. The summed E-state index contributed by atoms with van der Waals surface area (Å²) in [4.78, 5) is 40.6. The number of carbonyl (C=O) groups excluding carboxylic acids is 3. The second-order valence-electron chi connectivity index (χ2n) is 11.5. The molecule has 10 nitrogen and oxygen atoms in total. The van der Waals surface area contributed by atoms with E-state index in [0.29, 0.717) is 31.9 Å². The Morgan fingerprint density at radius 3 is 2.60 bits per heavy atom. The number of aliphatic hydroxyl groups is 1. The molecular formula is C29H30FN5O5. The van der Waals surface area contributed by atoms with Crippen molar-refractivity contribution in [3.05, 3.63) is 70.9 Å². The van der Waals surface area contributed by atoms with Crippen LogP contribution in [-0.2, 0) is 28.3 Å². The molecule has 4 heterocycles. The van der Waals surface area contributed by atoms with Gasteiger partial charge < -0.3 is 14.4 Å². The molecule has 2 aromatic carbocycles. The van der Waals surface area contributed by atoms with Gasteiger partial charge in [0.25, 0.3) is 5.91 Å². The molecule has 6 rings (SSSR count). The van der Waals surface area contributed by atoms with Gasteiger partial charge in [-0.05, 0) is 36.6 Å². The second-order valence-corrected chi connectivity index (χ2v) is 11.5. The normalized spacial score (nSPS) is 24.8. The molecule has 3 aliphatic rings. The van der Waals surface area contributed by atoms with E-state index in [0.717, 1.165) is 11.1 Å². The maximum atomic E-state index is 16.1. The fourth-order valence-electron chi connectivity index (χ4n) is 6.29. The summed E-state index contributed by atoms with van der Waals surface area (Å²) in [6.07, 6.45) is 1.92. The summed E-state index contributed by atoms with van der Waals surface area (Å²) < 4.78 is 21.3. The summed E-state index contributed by atoms with van der Waals surface area (Å²) in [5.41, 5.74) is 0.272. The van der Waals surface area contributed by atoms with Crippen molar-refractivity contribution in [3.8, 4) is 11.5 Å². The first kappa shape index (κ1) is 26.3. The Morgan fingerprint density at radius 1 is 1.15 bits per heavy atom. The molecule has 0 spiro atoms. The molecule has 2 saturated heterocycles. The van der Waals surface area contributed by atoms with Gasteiger partial charge in [-0.2, -0.15) is 0 Å². The smallest absolute Gasteiger partial charge is 0.255 e. The quantitative estimate of drug-likeness (QED) is 0.467. The molecule has 40 heavy (non-hydrogen) atoms. The first-order valence-electron chi connectivity index (χ1n) is 13.3. The molecule has 1 unspecified atom stereocenters. The molecule has 11 heteroatoms. The third-order valence-corrected chi connectivity index (χ3v) is 8.59. The van der Waals surface area contributed by atoms with Gasteiger partial charge in [0, 0.05) is 53.7 Å². The minimum atomic E-state index is -1.46. The Kier molecular flexibility index (Phi) is 6.30.